The smallest absolute Gasteiger partial charge is 0.169 e. The molecule has 1 aromatic heterocycles. The summed E-state index contributed by atoms with van der Waals surface area (Å²) in [5, 5.41) is 18.1. The van der Waals surface area contributed by atoms with Gasteiger partial charge in [0.25, 0.3) is 0 Å². The number of anilines is 1. The highest BCUT2D eigenvalue weighted by Crippen LogP contribution is 2.25. The average molecular weight is 274 g/mol. The number of nitrogens with zero attached hydrogens (tertiary/aromatic N) is 4. The van der Waals surface area contributed by atoms with Gasteiger partial charge in [-0.2, -0.15) is 10.4 Å². The Hall–Kier alpha value is -1.63. The summed E-state index contributed by atoms with van der Waals surface area (Å²) in [5.41, 5.74) is 2.68. The molecule has 0 aromatic carbocycles. The molecule has 0 saturated heterocycles. The van der Waals surface area contributed by atoms with Gasteiger partial charge in [-0.25, -0.2) is 0 Å². The van der Waals surface area contributed by atoms with Crippen LogP contribution in [0.4, 0.5) is 5.82 Å². The summed E-state index contributed by atoms with van der Waals surface area (Å²) in [4.78, 5) is 2.09. The molecule has 0 radical (unpaired) electrons. The van der Waals surface area contributed by atoms with Gasteiger partial charge in [0, 0.05) is 13.1 Å². The van der Waals surface area contributed by atoms with E-state index >= 15 is 0 Å². The number of nitriles is 1. The standard InChI is InChI=1S/C16H26N4/c1-7-13-14(10-17)16(19-18-15(13)8-2)20(6)12(5)9-11(3)4/h11-12H,7-9H2,1-6H3. The van der Waals surface area contributed by atoms with Crippen molar-refractivity contribution in [3.05, 3.63) is 16.8 Å². The van der Waals surface area contributed by atoms with Crippen LogP contribution in [-0.2, 0) is 12.8 Å². The van der Waals surface area contributed by atoms with Gasteiger partial charge in [0.05, 0.1) is 5.69 Å². The molecule has 4 heteroatoms. The Morgan fingerprint density at radius 3 is 2.25 bits per heavy atom. The van der Waals surface area contributed by atoms with Crippen LogP contribution in [0.1, 0.15) is 57.9 Å². The van der Waals surface area contributed by atoms with Crippen LogP contribution < -0.4 is 4.90 Å². The Balaban J connectivity index is 3.22. The van der Waals surface area contributed by atoms with E-state index in [0.29, 0.717) is 17.5 Å². The molecular formula is C16H26N4. The highest BCUT2D eigenvalue weighted by Gasteiger charge is 2.20. The van der Waals surface area contributed by atoms with E-state index in [0.717, 1.165) is 36.3 Å². The van der Waals surface area contributed by atoms with E-state index in [2.05, 4.69) is 55.8 Å². The van der Waals surface area contributed by atoms with Crippen molar-refractivity contribution in [1.29, 1.82) is 5.26 Å². The van der Waals surface area contributed by atoms with Crippen molar-refractivity contribution in [1.82, 2.24) is 10.2 Å². The molecule has 1 heterocycles. The predicted octanol–water partition coefficient (Wildman–Crippen LogP) is 3.34. The maximum atomic E-state index is 9.52. The predicted molar refractivity (Wildman–Crippen MR) is 82.8 cm³/mol. The summed E-state index contributed by atoms with van der Waals surface area (Å²) in [6.07, 6.45) is 2.71. The molecule has 0 bridgehead atoms. The lowest BCUT2D eigenvalue weighted by Gasteiger charge is -2.28. The van der Waals surface area contributed by atoms with Crippen LogP contribution in [0.2, 0.25) is 0 Å². The van der Waals surface area contributed by atoms with Crippen molar-refractivity contribution in [2.75, 3.05) is 11.9 Å². The Bertz CT molecular complexity index is 488. The minimum absolute atomic E-state index is 0.341. The Labute approximate surface area is 122 Å². The maximum Gasteiger partial charge on any atom is 0.169 e. The summed E-state index contributed by atoms with van der Waals surface area (Å²) in [7, 11) is 2.00. The monoisotopic (exact) mass is 274 g/mol. The number of hydrogen-bond donors (Lipinski definition) is 0. The number of hydrogen-bond acceptors (Lipinski definition) is 4. The quantitative estimate of drug-likeness (QED) is 0.798. The molecule has 0 aliphatic heterocycles. The minimum atomic E-state index is 0.341. The van der Waals surface area contributed by atoms with Crippen molar-refractivity contribution >= 4 is 5.82 Å². The number of rotatable bonds is 6. The lowest BCUT2D eigenvalue weighted by Crippen LogP contribution is -2.32. The molecule has 1 atom stereocenters. The van der Waals surface area contributed by atoms with E-state index in [9.17, 15) is 5.26 Å². The maximum absolute atomic E-state index is 9.52. The molecule has 110 valence electrons. The minimum Gasteiger partial charge on any atom is -0.354 e. The molecule has 0 amide bonds. The van der Waals surface area contributed by atoms with E-state index in [1.807, 2.05) is 7.05 Å². The van der Waals surface area contributed by atoms with Gasteiger partial charge in [0.15, 0.2) is 5.82 Å². The fourth-order valence-corrected chi connectivity index (χ4v) is 2.58. The van der Waals surface area contributed by atoms with Crippen LogP contribution in [0.3, 0.4) is 0 Å². The molecule has 0 fully saturated rings. The van der Waals surface area contributed by atoms with E-state index in [4.69, 9.17) is 0 Å². The molecule has 0 aliphatic carbocycles. The van der Waals surface area contributed by atoms with Gasteiger partial charge >= 0.3 is 0 Å². The first-order valence-electron chi connectivity index (χ1n) is 7.47. The summed E-state index contributed by atoms with van der Waals surface area (Å²) in [6.45, 7) is 10.7. The van der Waals surface area contributed by atoms with Crippen LogP contribution >= 0.6 is 0 Å². The SMILES string of the molecule is CCc1nnc(N(C)C(C)CC(C)C)c(C#N)c1CC. The fraction of sp³-hybridized carbons (Fsp3) is 0.688. The van der Waals surface area contributed by atoms with Gasteiger partial charge in [-0.15, -0.1) is 5.10 Å². The first-order chi connectivity index (χ1) is 9.46. The lowest BCUT2D eigenvalue weighted by atomic mass is 10.0. The number of aryl methyl sites for hydroxylation is 1. The first kappa shape index (κ1) is 16.4. The average Bonchev–Trinajstić information content (AvgIpc) is 2.43. The van der Waals surface area contributed by atoms with Gasteiger partial charge in [0.2, 0.25) is 0 Å². The van der Waals surface area contributed by atoms with Gasteiger partial charge in [-0.05, 0) is 37.7 Å². The molecule has 1 aromatic rings. The summed E-state index contributed by atoms with van der Waals surface area (Å²) in [5.74, 6) is 1.33. The van der Waals surface area contributed by atoms with E-state index in [1.54, 1.807) is 0 Å². The summed E-state index contributed by atoms with van der Waals surface area (Å²) in [6, 6.07) is 2.68. The van der Waals surface area contributed by atoms with Gasteiger partial charge < -0.3 is 4.90 Å². The van der Waals surface area contributed by atoms with Crippen LogP contribution in [0, 0.1) is 17.2 Å². The zero-order chi connectivity index (χ0) is 15.3. The zero-order valence-corrected chi connectivity index (χ0v) is 13.6. The van der Waals surface area contributed by atoms with Crippen LogP contribution in [0.5, 0.6) is 0 Å². The van der Waals surface area contributed by atoms with Crippen molar-refractivity contribution in [2.45, 2.75) is 59.9 Å². The molecule has 1 unspecified atom stereocenters. The van der Waals surface area contributed by atoms with Gasteiger partial charge in [-0.1, -0.05) is 27.7 Å². The van der Waals surface area contributed by atoms with Gasteiger partial charge in [-0.3, -0.25) is 0 Å². The van der Waals surface area contributed by atoms with E-state index in [1.165, 1.54) is 0 Å². The van der Waals surface area contributed by atoms with Crippen molar-refractivity contribution in [2.24, 2.45) is 5.92 Å². The zero-order valence-electron chi connectivity index (χ0n) is 13.6. The normalized spacial score (nSPS) is 12.3. The molecule has 0 aliphatic rings. The second kappa shape index (κ2) is 7.23. The molecule has 1 rings (SSSR count). The lowest BCUT2D eigenvalue weighted by molar-refractivity contribution is 0.500. The van der Waals surface area contributed by atoms with E-state index < -0.39 is 0 Å². The second-order valence-corrected chi connectivity index (χ2v) is 5.73. The first-order valence-corrected chi connectivity index (χ1v) is 7.47. The number of aromatic nitrogens is 2. The van der Waals surface area contributed by atoms with Crippen LogP contribution in [0.25, 0.3) is 0 Å². The molecule has 0 spiro atoms. The topological polar surface area (TPSA) is 52.8 Å². The van der Waals surface area contributed by atoms with Gasteiger partial charge in [0.1, 0.15) is 11.6 Å². The Morgan fingerprint density at radius 1 is 1.15 bits per heavy atom. The Morgan fingerprint density at radius 2 is 1.80 bits per heavy atom. The third-order valence-corrected chi connectivity index (χ3v) is 3.75. The Kier molecular flexibility index (Phi) is 5.94. The summed E-state index contributed by atoms with van der Waals surface area (Å²) >= 11 is 0. The van der Waals surface area contributed by atoms with Crippen molar-refractivity contribution in [3.8, 4) is 6.07 Å². The highest BCUT2D eigenvalue weighted by atomic mass is 15.3. The molecule has 20 heavy (non-hydrogen) atoms. The molecule has 4 nitrogen and oxygen atoms in total. The molecular weight excluding hydrogens is 248 g/mol. The third-order valence-electron chi connectivity index (χ3n) is 3.75. The van der Waals surface area contributed by atoms with Crippen molar-refractivity contribution < 1.29 is 0 Å². The van der Waals surface area contributed by atoms with Crippen LogP contribution in [-0.4, -0.2) is 23.3 Å². The second-order valence-electron chi connectivity index (χ2n) is 5.73. The van der Waals surface area contributed by atoms with Crippen molar-refractivity contribution in [3.63, 3.8) is 0 Å². The largest absolute Gasteiger partial charge is 0.354 e. The fourth-order valence-electron chi connectivity index (χ4n) is 2.58. The molecule has 0 saturated carbocycles. The summed E-state index contributed by atoms with van der Waals surface area (Å²) < 4.78 is 0. The van der Waals surface area contributed by atoms with Crippen LogP contribution in [0.15, 0.2) is 0 Å². The third kappa shape index (κ3) is 3.47. The highest BCUT2D eigenvalue weighted by molar-refractivity contribution is 5.58. The van der Waals surface area contributed by atoms with E-state index in [-0.39, 0.29) is 0 Å². The molecule has 0 N–H and O–H groups in total.